The van der Waals surface area contributed by atoms with E-state index in [2.05, 4.69) is 24.1 Å². The molecule has 1 saturated carbocycles. The Morgan fingerprint density at radius 1 is 1.40 bits per heavy atom. The second-order valence-electron chi connectivity index (χ2n) is 7.09. The van der Waals surface area contributed by atoms with Crippen molar-refractivity contribution in [3.05, 3.63) is 0 Å². The van der Waals surface area contributed by atoms with E-state index in [1.54, 1.807) is 0 Å². The Bertz CT molecular complexity index is 341. The van der Waals surface area contributed by atoms with Crippen LogP contribution in [0.5, 0.6) is 0 Å². The van der Waals surface area contributed by atoms with Gasteiger partial charge in [0.15, 0.2) is 0 Å². The lowest BCUT2D eigenvalue weighted by Gasteiger charge is -2.30. The summed E-state index contributed by atoms with van der Waals surface area (Å²) in [6, 6.07) is 0.515. The van der Waals surface area contributed by atoms with Crippen LogP contribution in [0.3, 0.4) is 0 Å². The van der Waals surface area contributed by atoms with Gasteiger partial charge in [-0.15, -0.1) is 0 Å². The molecule has 1 aliphatic carbocycles. The zero-order chi connectivity index (χ0) is 14.8. The number of carbonyl (C=O) groups excluding carboxylic acids is 1. The first-order valence-corrected chi connectivity index (χ1v) is 8.03. The minimum absolute atomic E-state index is 0.121. The summed E-state index contributed by atoms with van der Waals surface area (Å²) in [5.41, 5.74) is -0.522. The third-order valence-corrected chi connectivity index (χ3v) is 4.92. The van der Waals surface area contributed by atoms with Crippen molar-refractivity contribution in [1.29, 1.82) is 0 Å². The summed E-state index contributed by atoms with van der Waals surface area (Å²) in [5.74, 6) is 1.45. The van der Waals surface area contributed by atoms with Crippen molar-refractivity contribution in [3.8, 4) is 0 Å². The van der Waals surface area contributed by atoms with E-state index in [-0.39, 0.29) is 5.97 Å². The van der Waals surface area contributed by atoms with E-state index in [0.29, 0.717) is 6.04 Å². The van der Waals surface area contributed by atoms with E-state index in [9.17, 15) is 4.79 Å². The Morgan fingerprint density at radius 3 is 2.60 bits per heavy atom. The molecule has 0 amide bonds. The fraction of sp³-hybridized carbons (Fsp3) is 0.938. The van der Waals surface area contributed by atoms with Crippen LogP contribution in [0.4, 0.5) is 0 Å². The van der Waals surface area contributed by atoms with Crippen molar-refractivity contribution in [2.45, 2.75) is 58.0 Å². The lowest BCUT2D eigenvalue weighted by atomic mass is 9.95. The molecule has 1 saturated heterocycles. The number of nitrogens with one attached hydrogen (secondary N) is 1. The molecule has 0 aromatic rings. The molecule has 0 aromatic carbocycles. The lowest BCUT2D eigenvalue weighted by molar-refractivity contribution is -0.148. The molecule has 0 spiro atoms. The topological polar surface area (TPSA) is 41.6 Å². The van der Waals surface area contributed by atoms with Gasteiger partial charge in [0.1, 0.15) is 5.54 Å². The van der Waals surface area contributed by atoms with E-state index >= 15 is 0 Å². The molecule has 1 N–H and O–H groups in total. The van der Waals surface area contributed by atoms with E-state index in [1.807, 2.05) is 6.92 Å². The van der Waals surface area contributed by atoms with Crippen LogP contribution in [0.15, 0.2) is 0 Å². The Kier molecular flexibility index (Phi) is 5.08. The lowest BCUT2D eigenvalue weighted by Crippen LogP contribution is -2.52. The zero-order valence-corrected chi connectivity index (χ0v) is 13.4. The van der Waals surface area contributed by atoms with Gasteiger partial charge in [-0.3, -0.25) is 10.1 Å². The smallest absolute Gasteiger partial charge is 0.325 e. The molecule has 1 heterocycles. The molecule has 2 fully saturated rings. The van der Waals surface area contributed by atoms with Gasteiger partial charge in [-0.1, -0.05) is 13.8 Å². The fourth-order valence-corrected chi connectivity index (χ4v) is 3.13. The molecule has 0 radical (unpaired) electrons. The van der Waals surface area contributed by atoms with Crippen molar-refractivity contribution in [2.24, 2.45) is 11.8 Å². The highest BCUT2D eigenvalue weighted by Gasteiger charge is 2.39. The highest BCUT2D eigenvalue weighted by Crippen LogP contribution is 2.27. The molecular formula is C16H30N2O2. The fourth-order valence-electron chi connectivity index (χ4n) is 3.13. The summed E-state index contributed by atoms with van der Waals surface area (Å²) in [7, 11) is 1.49. The first-order valence-electron chi connectivity index (χ1n) is 8.03. The molecule has 20 heavy (non-hydrogen) atoms. The van der Waals surface area contributed by atoms with Gasteiger partial charge in [-0.05, 0) is 51.0 Å². The first kappa shape index (κ1) is 15.8. The first-order chi connectivity index (χ1) is 9.44. The quantitative estimate of drug-likeness (QED) is 0.726. The Morgan fingerprint density at radius 2 is 2.10 bits per heavy atom. The van der Waals surface area contributed by atoms with Gasteiger partial charge < -0.3 is 9.64 Å². The van der Waals surface area contributed by atoms with Crippen LogP contribution >= 0.6 is 0 Å². The van der Waals surface area contributed by atoms with Crippen LogP contribution in [0.25, 0.3) is 0 Å². The van der Waals surface area contributed by atoms with Gasteiger partial charge in [0.05, 0.1) is 7.11 Å². The number of carbonyl (C=O) groups is 1. The molecule has 0 bridgehead atoms. The van der Waals surface area contributed by atoms with Crippen LogP contribution < -0.4 is 5.32 Å². The van der Waals surface area contributed by atoms with E-state index in [1.165, 1.54) is 39.5 Å². The van der Waals surface area contributed by atoms with Crippen molar-refractivity contribution < 1.29 is 9.53 Å². The minimum atomic E-state index is -0.522. The number of rotatable bonds is 7. The third-order valence-electron chi connectivity index (χ3n) is 4.92. The van der Waals surface area contributed by atoms with Crippen LogP contribution in [0.2, 0.25) is 0 Å². The standard InChI is InChI=1S/C16H30N2O2/c1-12(2)13-7-9-18(11-13)10-8-16(3,15(19)20-4)17-14-5-6-14/h12-14,17H,5-11H2,1-4H3. The average Bonchev–Trinajstić information content (AvgIpc) is 3.08. The molecule has 2 unspecified atom stereocenters. The monoisotopic (exact) mass is 282 g/mol. The summed E-state index contributed by atoms with van der Waals surface area (Å²) in [5, 5.41) is 3.47. The second-order valence-corrected chi connectivity index (χ2v) is 7.09. The highest BCUT2D eigenvalue weighted by atomic mass is 16.5. The summed E-state index contributed by atoms with van der Waals surface area (Å²) < 4.78 is 5.00. The maximum absolute atomic E-state index is 12.1. The number of hydrogen-bond acceptors (Lipinski definition) is 4. The van der Waals surface area contributed by atoms with E-state index in [0.717, 1.165) is 24.8 Å². The molecule has 4 heteroatoms. The molecule has 0 aromatic heterocycles. The Labute approximate surface area is 123 Å². The maximum atomic E-state index is 12.1. The number of ether oxygens (including phenoxy) is 1. The summed E-state index contributed by atoms with van der Waals surface area (Å²) >= 11 is 0. The second kappa shape index (κ2) is 6.44. The summed E-state index contributed by atoms with van der Waals surface area (Å²) in [6.07, 6.45) is 4.50. The van der Waals surface area contributed by atoms with Crippen LogP contribution in [0.1, 0.15) is 46.5 Å². The molecular weight excluding hydrogens is 252 g/mol. The van der Waals surface area contributed by atoms with E-state index < -0.39 is 5.54 Å². The maximum Gasteiger partial charge on any atom is 0.325 e. The molecule has 1 aliphatic heterocycles. The molecule has 2 atom stereocenters. The van der Waals surface area contributed by atoms with Crippen molar-refractivity contribution in [1.82, 2.24) is 10.2 Å². The van der Waals surface area contributed by atoms with Crippen molar-refractivity contribution in [2.75, 3.05) is 26.7 Å². The number of hydrogen-bond donors (Lipinski definition) is 1. The van der Waals surface area contributed by atoms with Crippen LogP contribution in [0, 0.1) is 11.8 Å². The van der Waals surface area contributed by atoms with Crippen LogP contribution in [-0.4, -0.2) is 49.2 Å². The molecule has 4 nitrogen and oxygen atoms in total. The number of methoxy groups -OCH3 is 1. The molecule has 2 rings (SSSR count). The molecule has 2 aliphatic rings. The number of esters is 1. The highest BCUT2D eigenvalue weighted by molar-refractivity contribution is 5.80. The Balaban J connectivity index is 1.84. The van der Waals surface area contributed by atoms with Gasteiger partial charge in [-0.25, -0.2) is 0 Å². The largest absolute Gasteiger partial charge is 0.468 e. The van der Waals surface area contributed by atoms with E-state index in [4.69, 9.17) is 4.74 Å². The minimum Gasteiger partial charge on any atom is -0.468 e. The third kappa shape index (κ3) is 3.95. The summed E-state index contributed by atoms with van der Waals surface area (Å²) in [6.45, 7) is 9.94. The van der Waals surface area contributed by atoms with Gasteiger partial charge in [-0.2, -0.15) is 0 Å². The van der Waals surface area contributed by atoms with Gasteiger partial charge >= 0.3 is 5.97 Å². The van der Waals surface area contributed by atoms with Crippen molar-refractivity contribution in [3.63, 3.8) is 0 Å². The van der Waals surface area contributed by atoms with Crippen molar-refractivity contribution >= 4 is 5.97 Å². The molecule has 116 valence electrons. The average molecular weight is 282 g/mol. The summed E-state index contributed by atoms with van der Waals surface area (Å²) in [4.78, 5) is 14.6. The Hall–Kier alpha value is -0.610. The number of nitrogens with zero attached hydrogens (tertiary/aromatic N) is 1. The van der Waals surface area contributed by atoms with Gasteiger partial charge in [0.2, 0.25) is 0 Å². The van der Waals surface area contributed by atoms with Gasteiger partial charge in [0, 0.05) is 19.1 Å². The zero-order valence-electron chi connectivity index (χ0n) is 13.4. The predicted molar refractivity (Wildman–Crippen MR) is 80.6 cm³/mol. The predicted octanol–water partition coefficient (Wildman–Crippen LogP) is 2.04. The van der Waals surface area contributed by atoms with Gasteiger partial charge in [0.25, 0.3) is 0 Å². The number of likely N-dealkylation sites (tertiary alicyclic amines) is 1. The normalized spacial score (nSPS) is 26.8. The SMILES string of the molecule is COC(=O)C(C)(CCN1CCC(C(C)C)C1)NC1CC1. The van der Waals surface area contributed by atoms with Crippen LogP contribution in [-0.2, 0) is 9.53 Å².